The Morgan fingerprint density at radius 2 is 2.07 bits per heavy atom. The minimum absolute atomic E-state index is 0.0577. The molecular formula is C21H25ClFN3O2. The molecule has 1 aromatic carbocycles. The monoisotopic (exact) mass is 405 g/mol. The van der Waals surface area contributed by atoms with Crippen molar-refractivity contribution < 1.29 is 9.18 Å². The van der Waals surface area contributed by atoms with Crippen LogP contribution in [0.5, 0.6) is 0 Å². The highest BCUT2D eigenvalue weighted by atomic mass is 35.5. The lowest BCUT2D eigenvalue weighted by molar-refractivity contribution is -0.121. The summed E-state index contributed by atoms with van der Waals surface area (Å²) in [4.78, 5) is 24.8. The van der Waals surface area contributed by atoms with E-state index in [-0.39, 0.29) is 29.0 Å². The number of hydrogen-bond acceptors (Lipinski definition) is 3. The van der Waals surface area contributed by atoms with Crippen LogP contribution in [0, 0.1) is 5.82 Å². The molecule has 0 unspecified atom stereocenters. The standard InChI is InChI=1S/C21H25ClFN3O2/c1-2-17(24-20(27)10-14-8-9-16(23)12-18(14)22)13-26-21(28)11-15-6-4-3-5-7-19(15)25-26/h8-9,11-12,17H,2-7,10,13H2,1H3,(H,24,27)/t17-/m0/s1. The predicted molar refractivity (Wildman–Crippen MR) is 107 cm³/mol. The van der Waals surface area contributed by atoms with Gasteiger partial charge in [-0.05, 0) is 55.4 Å². The van der Waals surface area contributed by atoms with Crippen LogP contribution in [0.25, 0.3) is 0 Å². The molecule has 1 aromatic heterocycles. The molecule has 1 heterocycles. The van der Waals surface area contributed by atoms with E-state index in [4.69, 9.17) is 11.6 Å². The fraction of sp³-hybridized carbons (Fsp3) is 0.476. The Hall–Kier alpha value is -2.21. The molecule has 5 nitrogen and oxygen atoms in total. The molecule has 1 N–H and O–H groups in total. The molecule has 0 spiro atoms. The maximum atomic E-state index is 13.2. The largest absolute Gasteiger partial charge is 0.351 e. The number of nitrogens with zero attached hydrogens (tertiary/aromatic N) is 2. The lowest BCUT2D eigenvalue weighted by Gasteiger charge is -2.19. The van der Waals surface area contributed by atoms with Crippen molar-refractivity contribution >= 4 is 17.5 Å². The molecule has 0 radical (unpaired) electrons. The van der Waals surface area contributed by atoms with Crippen molar-refractivity contribution in [3.8, 4) is 0 Å². The van der Waals surface area contributed by atoms with Crippen molar-refractivity contribution in [2.75, 3.05) is 0 Å². The number of benzene rings is 1. The second-order valence-electron chi connectivity index (χ2n) is 7.28. The van der Waals surface area contributed by atoms with Gasteiger partial charge in [0.25, 0.3) is 5.56 Å². The number of amides is 1. The molecule has 3 rings (SSSR count). The maximum absolute atomic E-state index is 13.2. The molecule has 0 aliphatic heterocycles. The number of carbonyl (C=O) groups excluding carboxylic acids is 1. The number of nitrogens with one attached hydrogen (secondary N) is 1. The highest BCUT2D eigenvalue weighted by Gasteiger charge is 2.17. The van der Waals surface area contributed by atoms with Gasteiger partial charge in [0.15, 0.2) is 0 Å². The summed E-state index contributed by atoms with van der Waals surface area (Å²) in [5.74, 6) is -0.655. The Morgan fingerprint density at radius 1 is 1.29 bits per heavy atom. The van der Waals surface area contributed by atoms with Crippen molar-refractivity contribution in [1.82, 2.24) is 15.1 Å². The van der Waals surface area contributed by atoms with Crippen LogP contribution in [0.2, 0.25) is 5.02 Å². The van der Waals surface area contributed by atoms with Crippen LogP contribution in [0.1, 0.15) is 49.4 Å². The molecule has 0 fully saturated rings. The van der Waals surface area contributed by atoms with Gasteiger partial charge in [0, 0.05) is 17.1 Å². The quantitative estimate of drug-likeness (QED) is 0.749. The molecule has 0 saturated carbocycles. The molecule has 150 valence electrons. The lowest BCUT2D eigenvalue weighted by atomic mass is 10.1. The first-order chi connectivity index (χ1) is 13.5. The molecule has 1 aliphatic carbocycles. The Kier molecular flexibility index (Phi) is 6.83. The molecule has 0 bridgehead atoms. The van der Waals surface area contributed by atoms with Crippen molar-refractivity contribution in [3.63, 3.8) is 0 Å². The van der Waals surface area contributed by atoms with E-state index in [1.54, 1.807) is 6.07 Å². The first kappa shape index (κ1) is 20.5. The summed E-state index contributed by atoms with van der Waals surface area (Å²) in [6.07, 6.45) is 5.86. The van der Waals surface area contributed by atoms with Gasteiger partial charge in [-0.15, -0.1) is 0 Å². The normalized spacial score (nSPS) is 14.8. The summed E-state index contributed by atoms with van der Waals surface area (Å²) in [5.41, 5.74) is 2.49. The molecule has 1 atom stereocenters. The molecule has 2 aromatic rings. The van der Waals surface area contributed by atoms with Crippen LogP contribution in [0.3, 0.4) is 0 Å². The maximum Gasteiger partial charge on any atom is 0.267 e. The van der Waals surface area contributed by atoms with E-state index in [0.29, 0.717) is 18.5 Å². The Bertz CT molecular complexity index is 913. The van der Waals surface area contributed by atoms with Gasteiger partial charge < -0.3 is 5.32 Å². The Labute approximate surface area is 168 Å². The molecule has 7 heteroatoms. The van der Waals surface area contributed by atoms with Crippen LogP contribution in [0.4, 0.5) is 4.39 Å². The zero-order chi connectivity index (χ0) is 20.1. The zero-order valence-corrected chi connectivity index (χ0v) is 16.8. The van der Waals surface area contributed by atoms with Crippen LogP contribution in [-0.4, -0.2) is 21.7 Å². The highest BCUT2D eigenvalue weighted by Crippen LogP contribution is 2.18. The van der Waals surface area contributed by atoms with Gasteiger partial charge >= 0.3 is 0 Å². The van der Waals surface area contributed by atoms with E-state index < -0.39 is 5.82 Å². The zero-order valence-electron chi connectivity index (χ0n) is 16.0. The second-order valence-corrected chi connectivity index (χ2v) is 7.69. The van der Waals surface area contributed by atoms with Crippen molar-refractivity contribution in [2.24, 2.45) is 0 Å². The van der Waals surface area contributed by atoms with Gasteiger partial charge in [0.2, 0.25) is 5.91 Å². The van der Waals surface area contributed by atoms with Crippen molar-refractivity contribution in [1.29, 1.82) is 0 Å². The summed E-state index contributed by atoms with van der Waals surface area (Å²) >= 11 is 6.00. The average molecular weight is 406 g/mol. The molecule has 1 amide bonds. The van der Waals surface area contributed by atoms with E-state index in [1.807, 2.05) is 6.92 Å². The SMILES string of the molecule is CC[C@@H](Cn1nc2c(cc1=O)CCCCC2)NC(=O)Cc1ccc(F)cc1Cl. The Balaban J connectivity index is 1.68. The predicted octanol–water partition coefficient (Wildman–Crippen LogP) is 3.44. The Morgan fingerprint density at radius 3 is 2.82 bits per heavy atom. The third-order valence-corrected chi connectivity index (χ3v) is 5.49. The third kappa shape index (κ3) is 5.19. The summed E-state index contributed by atoms with van der Waals surface area (Å²) in [6, 6.07) is 5.46. The molecule has 1 aliphatic rings. The number of aromatic nitrogens is 2. The fourth-order valence-electron chi connectivity index (χ4n) is 3.51. The summed E-state index contributed by atoms with van der Waals surface area (Å²) in [5, 5.41) is 7.73. The van der Waals surface area contributed by atoms with E-state index >= 15 is 0 Å². The minimum atomic E-state index is -0.436. The van der Waals surface area contributed by atoms with E-state index in [9.17, 15) is 14.0 Å². The van der Waals surface area contributed by atoms with Crippen molar-refractivity contribution in [2.45, 2.75) is 64.5 Å². The number of hydrogen-bond donors (Lipinski definition) is 1. The lowest BCUT2D eigenvalue weighted by Crippen LogP contribution is -2.41. The molecule has 28 heavy (non-hydrogen) atoms. The molecule has 0 saturated heterocycles. The molecular weight excluding hydrogens is 381 g/mol. The number of rotatable bonds is 6. The van der Waals surface area contributed by atoms with E-state index in [0.717, 1.165) is 43.4 Å². The highest BCUT2D eigenvalue weighted by molar-refractivity contribution is 6.31. The van der Waals surface area contributed by atoms with Gasteiger partial charge in [-0.3, -0.25) is 9.59 Å². The fourth-order valence-corrected chi connectivity index (χ4v) is 3.74. The summed E-state index contributed by atoms with van der Waals surface area (Å²) in [7, 11) is 0. The average Bonchev–Trinajstić information content (AvgIpc) is 2.88. The van der Waals surface area contributed by atoms with Crippen molar-refractivity contribution in [3.05, 3.63) is 62.3 Å². The van der Waals surface area contributed by atoms with Gasteiger partial charge in [-0.1, -0.05) is 31.0 Å². The van der Waals surface area contributed by atoms with Gasteiger partial charge in [-0.2, -0.15) is 5.10 Å². The summed E-state index contributed by atoms with van der Waals surface area (Å²) in [6.45, 7) is 2.27. The number of fused-ring (bicyclic) bond motifs is 1. The van der Waals surface area contributed by atoms with Crippen LogP contribution >= 0.6 is 11.6 Å². The smallest absolute Gasteiger partial charge is 0.267 e. The first-order valence-electron chi connectivity index (χ1n) is 9.79. The minimum Gasteiger partial charge on any atom is -0.351 e. The van der Waals surface area contributed by atoms with Crippen LogP contribution < -0.4 is 10.9 Å². The van der Waals surface area contributed by atoms with Crippen LogP contribution in [-0.2, 0) is 30.6 Å². The number of halogens is 2. The van der Waals surface area contributed by atoms with E-state index in [2.05, 4.69) is 10.4 Å². The number of aryl methyl sites for hydroxylation is 2. The van der Waals surface area contributed by atoms with Gasteiger partial charge in [-0.25, -0.2) is 9.07 Å². The first-order valence-corrected chi connectivity index (χ1v) is 10.2. The topological polar surface area (TPSA) is 64.0 Å². The third-order valence-electron chi connectivity index (χ3n) is 5.14. The second kappa shape index (κ2) is 9.32. The number of carbonyl (C=O) groups is 1. The van der Waals surface area contributed by atoms with Crippen LogP contribution in [0.15, 0.2) is 29.1 Å². The van der Waals surface area contributed by atoms with Gasteiger partial charge in [0.1, 0.15) is 5.82 Å². The van der Waals surface area contributed by atoms with E-state index in [1.165, 1.54) is 22.9 Å². The van der Waals surface area contributed by atoms with Gasteiger partial charge in [0.05, 0.1) is 18.7 Å². The summed E-state index contributed by atoms with van der Waals surface area (Å²) < 4.78 is 14.6.